The molecule has 4 N–H and O–H groups in total. The minimum absolute atomic E-state index is 0.141. The lowest BCUT2D eigenvalue weighted by atomic mass is 9.85. The Morgan fingerprint density at radius 1 is 1.29 bits per heavy atom. The largest absolute Gasteiger partial charge is 0.393 e. The van der Waals surface area contributed by atoms with Crippen LogP contribution in [-0.2, 0) is 26.7 Å². The Kier molecular flexibility index (Phi) is 9.06. The fraction of sp³-hybridized carbons (Fsp3) is 0.455. The highest BCUT2D eigenvalue weighted by Crippen LogP contribution is 2.33. The van der Waals surface area contributed by atoms with Gasteiger partial charge < -0.3 is 15.3 Å². The van der Waals surface area contributed by atoms with Gasteiger partial charge in [-0.25, -0.2) is 18.3 Å². The van der Waals surface area contributed by atoms with Crippen LogP contribution in [0.3, 0.4) is 0 Å². The smallest absolute Gasteiger partial charge is 0.259 e. The average Bonchev–Trinajstić information content (AvgIpc) is 3.30. The maximum Gasteiger partial charge on any atom is 0.259 e. The van der Waals surface area contributed by atoms with Crippen molar-refractivity contribution in [3.63, 3.8) is 0 Å². The number of hydrogen-bond donors (Lipinski definition) is 4. The molecule has 0 fully saturated rings. The molecule has 10 nitrogen and oxygen atoms in total. The number of carbonyl (C=O) groups is 1. The predicted molar refractivity (Wildman–Crippen MR) is 126 cm³/mol. The molecule has 0 aliphatic rings. The van der Waals surface area contributed by atoms with E-state index < -0.39 is 46.9 Å². The highest BCUT2D eigenvalue weighted by atomic mass is 32.2. The molecule has 2 rings (SSSR count). The van der Waals surface area contributed by atoms with Crippen LogP contribution in [0.4, 0.5) is 4.39 Å². The molecular formula is C22H26FN5O5S2. The number of thiazole rings is 1. The van der Waals surface area contributed by atoms with E-state index in [1.165, 1.54) is 12.3 Å². The first kappa shape index (κ1) is 28.3. The van der Waals surface area contributed by atoms with Gasteiger partial charge in [0.05, 0.1) is 31.4 Å². The topological polar surface area (TPSA) is 180 Å². The minimum atomic E-state index is -3.88. The number of halogens is 1. The SMILES string of the molecule is CC(C)c1cc(C#N)c(F)c(C(C)C)c1CC(=O)N=S(=O)(NC#N)c1cnc(C(O)(CO)CO)s1. The van der Waals surface area contributed by atoms with Gasteiger partial charge in [-0.2, -0.15) is 10.5 Å². The van der Waals surface area contributed by atoms with Crippen LogP contribution < -0.4 is 4.72 Å². The number of aliphatic hydroxyl groups excluding tert-OH is 2. The van der Waals surface area contributed by atoms with Crippen molar-refractivity contribution < 1.29 is 28.7 Å². The normalized spacial score (nSPS) is 13.3. The molecule has 1 heterocycles. The second kappa shape index (κ2) is 11.2. The van der Waals surface area contributed by atoms with Gasteiger partial charge in [0.15, 0.2) is 21.7 Å². The molecule has 0 saturated heterocycles. The predicted octanol–water partition coefficient (Wildman–Crippen LogP) is 2.15. The summed E-state index contributed by atoms with van der Waals surface area (Å²) in [4.78, 5) is 16.8. The van der Waals surface area contributed by atoms with Gasteiger partial charge in [-0.15, -0.1) is 15.7 Å². The second-order valence-electron chi connectivity index (χ2n) is 8.37. The lowest BCUT2D eigenvalue weighted by Crippen LogP contribution is -2.34. The Labute approximate surface area is 207 Å². The summed E-state index contributed by atoms with van der Waals surface area (Å²) in [7, 11) is -3.88. The summed E-state index contributed by atoms with van der Waals surface area (Å²) in [5.41, 5.74) is -1.16. The molecule has 13 heteroatoms. The number of nitrogens with one attached hydrogen (secondary N) is 1. The van der Waals surface area contributed by atoms with Crippen LogP contribution in [0.5, 0.6) is 0 Å². The maximum atomic E-state index is 15.0. The van der Waals surface area contributed by atoms with E-state index in [4.69, 9.17) is 5.26 Å². The average molecular weight is 524 g/mol. The molecule has 1 aromatic carbocycles. The zero-order chi connectivity index (χ0) is 26.6. The van der Waals surface area contributed by atoms with Crippen molar-refractivity contribution in [2.45, 2.75) is 55.8 Å². The molecule has 0 saturated carbocycles. The third-order valence-electron chi connectivity index (χ3n) is 5.19. The van der Waals surface area contributed by atoms with E-state index in [1.807, 2.05) is 24.6 Å². The number of rotatable bonds is 9. The van der Waals surface area contributed by atoms with E-state index >= 15 is 4.39 Å². The second-order valence-corrected chi connectivity index (χ2v) is 11.5. The number of nitriles is 2. The molecule has 1 aromatic heterocycles. The van der Waals surface area contributed by atoms with E-state index in [9.17, 15) is 29.6 Å². The Hall–Kier alpha value is -2.94. The molecule has 0 aliphatic carbocycles. The highest BCUT2D eigenvalue weighted by molar-refractivity contribution is 7.94. The summed E-state index contributed by atoms with van der Waals surface area (Å²) in [5.74, 6) is -2.18. The van der Waals surface area contributed by atoms with Crippen LogP contribution in [0.15, 0.2) is 20.8 Å². The first-order chi connectivity index (χ1) is 16.4. The van der Waals surface area contributed by atoms with Crippen LogP contribution in [0.1, 0.15) is 66.8 Å². The summed E-state index contributed by atoms with van der Waals surface area (Å²) in [6.07, 6.45) is 2.07. The first-order valence-corrected chi connectivity index (χ1v) is 12.8. The molecule has 1 unspecified atom stereocenters. The lowest BCUT2D eigenvalue weighted by molar-refractivity contribution is -0.117. The monoisotopic (exact) mass is 523 g/mol. The number of aliphatic hydroxyl groups is 3. The van der Waals surface area contributed by atoms with Crippen molar-refractivity contribution in [2.24, 2.45) is 4.36 Å². The minimum Gasteiger partial charge on any atom is -0.393 e. The summed E-state index contributed by atoms with van der Waals surface area (Å²) < 4.78 is 34.0. The Morgan fingerprint density at radius 3 is 2.40 bits per heavy atom. The van der Waals surface area contributed by atoms with E-state index in [2.05, 4.69) is 9.35 Å². The highest BCUT2D eigenvalue weighted by Gasteiger charge is 2.33. The van der Waals surface area contributed by atoms with Gasteiger partial charge in [0.2, 0.25) is 0 Å². The van der Waals surface area contributed by atoms with Gasteiger partial charge in [-0.05, 0) is 34.6 Å². The molecule has 0 radical (unpaired) electrons. The van der Waals surface area contributed by atoms with Gasteiger partial charge in [-0.3, -0.25) is 4.79 Å². The summed E-state index contributed by atoms with van der Waals surface area (Å²) >= 11 is 0.595. The molecule has 2 aromatic rings. The Bertz CT molecular complexity index is 1310. The maximum absolute atomic E-state index is 15.0. The van der Waals surface area contributed by atoms with Gasteiger partial charge in [0, 0.05) is 0 Å². The van der Waals surface area contributed by atoms with Gasteiger partial charge in [0.1, 0.15) is 21.1 Å². The number of hydrogen-bond acceptors (Lipinski definition) is 9. The van der Waals surface area contributed by atoms with Crippen LogP contribution >= 0.6 is 11.3 Å². The van der Waals surface area contributed by atoms with E-state index in [0.29, 0.717) is 22.5 Å². The van der Waals surface area contributed by atoms with Crippen molar-refractivity contribution in [1.82, 2.24) is 9.71 Å². The van der Waals surface area contributed by atoms with Gasteiger partial charge in [-0.1, -0.05) is 27.7 Å². The summed E-state index contributed by atoms with van der Waals surface area (Å²) in [6, 6.07) is 3.22. The molecule has 1 atom stereocenters. The van der Waals surface area contributed by atoms with Crippen LogP contribution in [0.2, 0.25) is 0 Å². The standard InChI is InChI=1S/C22H26FN5O5S2/c1-12(2)15-5-14(7-24)20(23)19(13(3)4)16(15)6-17(31)28-35(33,27-11-25)18-8-26-21(34-18)22(32,9-29)10-30/h5,8,12-13,29-30,32H,6,9-10H2,1-4H3,(H,27,28,31,33). The van der Waals surface area contributed by atoms with Crippen molar-refractivity contribution in [3.8, 4) is 12.3 Å². The van der Waals surface area contributed by atoms with E-state index in [1.54, 1.807) is 13.8 Å². The Morgan fingerprint density at radius 2 is 1.91 bits per heavy atom. The van der Waals surface area contributed by atoms with Crippen LogP contribution in [0.25, 0.3) is 0 Å². The number of carbonyl (C=O) groups excluding carboxylic acids is 1. The summed E-state index contributed by atoms with van der Waals surface area (Å²) in [6.45, 7) is 5.34. The Balaban J connectivity index is 2.63. The number of benzene rings is 1. The van der Waals surface area contributed by atoms with E-state index in [-0.39, 0.29) is 32.2 Å². The van der Waals surface area contributed by atoms with Crippen molar-refractivity contribution >= 4 is 27.2 Å². The molecule has 0 bridgehead atoms. The van der Waals surface area contributed by atoms with Gasteiger partial charge in [0.25, 0.3) is 5.91 Å². The zero-order valence-electron chi connectivity index (χ0n) is 19.6. The molecule has 188 valence electrons. The molecule has 0 aliphatic heterocycles. The van der Waals surface area contributed by atoms with Crippen molar-refractivity contribution in [1.29, 1.82) is 10.5 Å². The quantitative estimate of drug-likeness (QED) is 0.285. The number of amides is 1. The van der Waals surface area contributed by atoms with Crippen LogP contribution in [-0.4, -0.2) is 43.6 Å². The number of nitrogens with zero attached hydrogens (tertiary/aromatic N) is 4. The fourth-order valence-corrected chi connectivity index (χ4v) is 5.98. The molecule has 1 amide bonds. The lowest BCUT2D eigenvalue weighted by Gasteiger charge is -2.20. The third-order valence-corrected chi connectivity index (χ3v) is 8.58. The fourth-order valence-electron chi connectivity index (χ4n) is 3.43. The third kappa shape index (κ3) is 5.83. The van der Waals surface area contributed by atoms with Gasteiger partial charge >= 0.3 is 0 Å². The number of aromatic nitrogens is 1. The molecule has 0 spiro atoms. The van der Waals surface area contributed by atoms with Crippen LogP contribution in [0, 0.1) is 28.6 Å². The molecule has 35 heavy (non-hydrogen) atoms. The zero-order valence-corrected chi connectivity index (χ0v) is 21.2. The van der Waals surface area contributed by atoms with Crippen molar-refractivity contribution in [2.75, 3.05) is 13.2 Å². The van der Waals surface area contributed by atoms with E-state index in [0.717, 1.165) is 6.20 Å². The first-order valence-electron chi connectivity index (χ1n) is 10.5. The summed E-state index contributed by atoms with van der Waals surface area (Å²) in [5, 5.41) is 47.2. The molecular weight excluding hydrogens is 497 g/mol. The van der Waals surface area contributed by atoms with Crippen molar-refractivity contribution in [3.05, 3.63) is 45.3 Å².